The maximum Gasteiger partial charge on any atom is 0.236 e. The molecule has 0 bridgehead atoms. The minimum Gasteiger partial charge on any atom is -0.330 e. The van der Waals surface area contributed by atoms with Gasteiger partial charge in [-0.05, 0) is 30.7 Å². The number of carbonyl (C=O) groups excluding carboxylic acids is 1. The Labute approximate surface area is 178 Å². The van der Waals surface area contributed by atoms with Crippen molar-refractivity contribution in [1.82, 2.24) is 15.2 Å². The van der Waals surface area contributed by atoms with E-state index in [9.17, 15) is 4.79 Å². The van der Waals surface area contributed by atoms with Crippen LogP contribution in [0, 0.1) is 6.92 Å². The molecule has 0 unspecified atom stereocenters. The van der Waals surface area contributed by atoms with Crippen molar-refractivity contribution in [3.63, 3.8) is 0 Å². The van der Waals surface area contributed by atoms with Crippen LogP contribution in [0.5, 0.6) is 0 Å². The van der Waals surface area contributed by atoms with Gasteiger partial charge in [0, 0.05) is 16.9 Å². The van der Waals surface area contributed by atoms with Crippen molar-refractivity contribution < 1.29 is 4.79 Å². The van der Waals surface area contributed by atoms with Crippen LogP contribution < -0.4 is 10.6 Å². The molecule has 1 aromatic carbocycles. The van der Waals surface area contributed by atoms with Crippen LogP contribution in [0.15, 0.2) is 34.8 Å². The van der Waals surface area contributed by atoms with E-state index in [1.165, 1.54) is 35.4 Å². The summed E-state index contributed by atoms with van der Waals surface area (Å²) in [7, 11) is 0. The number of pyridine rings is 1. The molecule has 0 atom stereocenters. The van der Waals surface area contributed by atoms with E-state index < -0.39 is 0 Å². The molecule has 0 fully saturated rings. The molecular weight excluding hydrogens is 449 g/mol. The van der Waals surface area contributed by atoms with Gasteiger partial charge in [-0.15, -0.1) is 10.2 Å². The third-order valence-electron chi connectivity index (χ3n) is 3.22. The number of aromatic nitrogens is 3. The molecule has 0 aliphatic heterocycles. The third kappa shape index (κ3) is 5.70. The minimum atomic E-state index is -0.258. The number of carbonyl (C=O) groups is 1. The van der Waals surface area contributed by atoms with Crippen molar-refractivity contribution in [3.05, 3.63) is 51.1 Å². The van der Waals surface area contributed by atoms with Crippen molar-refractivity contribution in [1.29, 1.82) is 0 Å². The fourth-order valence-electron chi connectivity index (χ4n) is 1.91. The van der Waals surface area contributed by atoms with Gasteiger partial charge in [0.25, 0.3) is 0 Å². The Balaban J connectivity index is 1.54. The van der Waals surface area contributed by atoms with Gasteiger partial charge in [-0.3, -0.25) is 4.79 Å². The number of hydrogen-bond donors (Lipinski definition) is 2. The number of nitrogens with one attached hydrogen (secondary N) is 2. The normalized spacial score (nSPS) is 10.7. The summed E-state index contributed by atoms with van der Waals surface area (Å²) in [5.41, 5.74) is 1.82. The van der Waals surface area contributed by atoms with Gasteiger partial charge in [0.15, 0.2) is 10.2 Å². The largest absolute Gasteiger partial charge is 0.330 e. The molecule has 6 nitrogen and oxygen atoms in total. The molecule has 140 valence electrons. The van der Waals surface area contributed by atoms with E-state index >= 15 is 0 Å². The average Bonchev–Trinajstić information content (AvgIpc) is 3.06. The molecule has 2 N–H and O–H groups in total. The third-order valence-corrected chi connectivity index (χ3v) is 6.10. The highest BCUT2D eigenvalue weighted by molar-refractivity contribution is 8.01. The standard InChI is InChI=1S/C16H12Cl3N5OS2/c1-8-2-3-10(5-11(8)18)21-15-23-24-16(27-15)26-7-13(25)22-14-12(19)4-9(17)6-20-14/h2-6H,7H2,1H3,(H,21,23)(H,20,22,25). The van der Waals surface area contributed by atoms with Gasteiger partial charge in [-0.2, -0.15) is 0 Å². The summed E-state index contributed by atoms with van der Waals surface area (Å²) in [5.74, 6) is 0.153. The van der Waals surface area contributed by atoms with Crippen molar-refractivity contribution in [3.8, 4) is 0 Å². The molecule has 11 heteroatoms. The van der Waals surface area contributed by atoms with Crippen molar-refractivity contribution >= 4 is 80.4 Å². The molecule has 2 aromatic heterocycles. The van der Waals surface area contributed by atoms with E-state index in [4.69, 9.17) is 34.8 Å². The molecule has 0 aliphatic rings. The first-order chi connectivity index (χ1) is 12.9. The maximum absolute atomic E-state index is 12.1. The van der Waals surface area contributed by atoms with Crippen molar-refractivity contribution in [2.75, 3.05) is 16.4 Å². The van der Waals surface area contributed by atoms with Gasteiger partial charge in [0.1, 0.15) is 0 Å². The van der Waals surface area contributed by atoms with E-state index in [0.717, 1.165) is 11.3 Å². The molecule has 3 rings (SSSR count). The first-order valence-corrected chi connectivity index (χ1v) is 10.4. The number of hydrogen-bond acceptors (Lipinski definition) is 7. The predicted octanol–water partition coefficient (Wildman–Crippen LogP) is 5.68. The molecule has 2 heterocycles. The van der Waals surface area contributed by atoms with Crippen LogP contribution in [-0.4, -0.2) is 26.8 Å². The first-order valence-electron chi connectivity index (χ1n) is 7.51. The van der Waals surface area contributed by atoms with Gasteiger partial charge >= 0.3 is 0 Å². The molecule has 3 aromatic rings. The molecule has 27 heavy (non-hydrogen) atoms. The lowest BCUT2D eigenvalue weighted by molar-refractivity contribution is -0.113. The highest BCUT2D eigenvalue weighted by Gasteiger charge is 2.11. The summed E-state index contributed by atoms with van der Waals surface area (Å²) in [5, 5.41) is 15.8. The second-order valence-electron chi connectivity index (χ2n) is 5.28. The number of amides is 1. The number of benzene rings is 1. The lowest BCUT2D eigenvalue weighted by Crippen LogP contribution is -2.15. The number of aryl methyl sites for hydroxylation is 1. The van der Waals surface area contributed by atoms with E-state index in [-0.39, 0.29) is 22.5 Å². The van der Waals surface area contributed by atoms with Crippen LogP contribution in [0.25, 0.3) is 0 Å². The van der Waals surface area contributed by atoms with Gasteiger partial charge in [0.05, 0.1) is 15.8 Å². The van der Waals surface area contributed by atoms with E-state index in [1.807, 2.05) is 25.1 Å². The fourth-order valence-corrected chi connectivity index (χ4v) is 4.09. The monoisotopic (exact) mass is 459 g/mol. The maximum atomic E-state index is 12.1. The van der Waals surface area contributed by atoms with Crippen LogP contribution in [0.1, 0.15) is 5.56 Å². The summed E-state index contributed by atoms with van der Waals surface area (Å²) in [4.78, 5) is 16.0. The molecular formula is C16H12Cl3N5OS2. The molecule has 1 amide bonds. The van der Waals surface area contributed by atoms with Crippen LogP contribution in [0.2, 0.25) is 15.1 Å². The number of thioether (sulfide) groups is 1. The van der Waals surface area contributed by atoms with Crippen LogP contribution in [-0.2, 0) is 4.79 Å². The second kappa shape index (κ2) is 9.07. The van der Waals surface area contributed by atoms with Gasteiger partial charge in [0.2, 0.25) is 11.0 Å². The zero-order chi connectivity index (χ0) is 19.4. The van der Waals surface area contributed by atoms with Crippen LogP contribution in [0.3, 0.4) is 0 Å². The Hall–Kier alpha value is -1.58. The zero-order valence-electron chi connectivity index (χ0n) is 13.8. The highest BCUT2D eigenvalue weighted by atomic mass is 35.5. The summed E-state index contributed by atoms with van der Waals surface area (Å²) in [6, 6.07) is 7.16. The zero-order valence-corrected chi connectivity index (χ0v) is 17.7. The Morgan fingerprint density at radius 1 is 1.19 bits per heavy atom. The summed E-state index contributed by atoms with van der Waals surface area (Å²) in [6.07, 6.45) is 1.41. The molecule has 0 spiro atoms. The molecule has 0 saturated heterocycles. The quantitative estimate of drug-likeness (QED) is 0.461. The van der Waals surface area contributed by atoms with Crippen molar-refractivity contribution in [2.45, 2.75) is 11.3 Å². The van der Waals surface area contributed by atoms with Crippen LogP contribution in [0.4, 0.5) is 16.6 Å². The fraction of sp³-hybridized carbons (Fsp3) is 0.125. The Morgan fingerprint density at radius 3 is 2.74 bits per heavy atom. The van der Waals surface area contributed by atoms with E-state index in [0.29, 0.717) is 19.5 Å². The topological polar surface area (TPSA) is 79.8 Å². The Kier molecular flexibility index (Phi) is 6.78. The number of rotatable bonds is 6. The minimum absolute atomic E-state index is 0.144. The lowest BCUT2D eigenvalue weighted by Gasteiger charge is -2.05. The van der Waals surface area contributed by atoms with E-state index in [1.54, 1.807) is 0 Å². The Morgan fingerprint density at radius 2 is 2.00 bits per heavy atom. The second-order valence-corrected chi connectivity index (χ2v) is 8.73. The lowest BCUT2D eigenvalue weighted by atomic mass is 10.2. The Bertz CT molecular complexity index is 982. The van der Waals surface area contributed by atoms with Gasteiger partial charge in [-0.25, -0.2) is 4.98 Å². The molecule has 0 saturated carbocycles. The van der Waals surface area contributed by atoms with E-state index in [2.05, 4.69) is 25.8 Å². The number of anilines is 3. The number of halogens is 3. The number of nitrogens with zero attached hydrogens (tertiary/aromatic N) is 3. The highest BCUT2D eigenvalue weighted by Crippen LogP contribution is 2.29. The molecule has 0 aliphatic carbocycles. The van der Waals surface area contributed by atoms with Crippen molar-refractivity contribution in [2.24, 2.45) is 0 Å². The summed E-state index contributed by atoms with van der Waals surface area (Å²) >= 11 is 20.5. The molecule has 0 radical (unpaired) electrons. The smallest absolute Gasteiger partial charge is 0.236 e. The van der Waals surface area contributed by atoms with Gasteiger partial charge in [-0.1, -0.05) is 64.0 Å². The first kappa shape index (κ1) is 20.2. The average molecular weight is 461 g/mol. The SMILES string of the molecule is Cc1ccc(Nc2nnc(SCC(=O)Nc3ncc(Cl)cc3Cl)s2)cc1Cl. The van der Waals surface area contributed by atoms with Gasteiger partial charge < -0.3 is 10.6 Å². The van der Waals surface area contributed by atoms with Crippen LogP contribution >= 0.6 is 57.9 Å². The summed E-state index contributed by atoms with van der Waals surface area (Å²) in [6.45, 7) is 1.93. The summed E-state index contributed by atoms with van der Waals surface area (Å²) < 4.78 is 0.654. The predicted molar refractivity (Wildman–Crippen MR) is 113 cm³/mol.